The third-order valence-corrected chi connectivity index (χ3v) is 5.07. The summed E-state index contributed by atoms with van der Waals surface area (Å²) in [5.41, 5.74) is 2.36. The summed E-state index contributed by atoms with van der Waals surface area (Å²) in [4.78, 5) is 20.9. The Morgan fingerprint density at radius 3 is 2.27 bits per heavy atom. The quantitative estimate of drug-likeness (QED) is 0.567. The number of piperazine rings is 1. The topological polar surface area (TPSA) is 60.0 Å². The van der Waals surface area contributed by atoms with E-state index in [1.807, 2.05) is 50.2 Å². The third-order valence-electron chi connectivity index (χ3n) is 5.07. The minimum atomic E-state index is -0.178. The monoisotopic (exact) mass is 411 g/mol. The van der Waals surface area contributed by atoms with Crippen molar-refractivity contribution in [2.75, 3.05) is 44.2 Å². The molecule has 1 aliphatic heterocycles. The molecule has 2 aromatic rings. The standard InChI is InChI=1S/C23H30FN5O/c1-3-25-22(30)19-11-9-18(10-12-19)17-27-23(26-4-2)29-15-13-28(14-16-29)21-8-6-5-7-20(21)24/h5-12H,3-4,13-17H2,1-2H3,(H,25,30)(H,26,27). The molecule has 1 aliphatic rings. The highest BCUT2D eigenvalue weighted by molar-refractivity contribution is 5.94. The largest absolute Gasteiger partial charge is 0.366 e. The number of nitrogens with one attached hydrogen (secondary N) is 2. The van der Waals surface area contributed by atoms with E-state index in [9.17, 15) is 9.18 Å². The molecule has 2 N–H and O–H groups in total. The summed E-state index contributed by atoms with van der Waals surface area (Å²) >= 11 is 0. The van der Waals surface area contributed by atoms with Crippen LogP contribution in [0.2, 0.25) is 0 Å². The van der Waals surface area contributed by atoms with E-state index in [0.717, 1.165) is 44.2 Å². The molecule has 0 radical (unpaired) electrons. The maximum atomic E-state index is 14.1. The van der Waals surface area contributed by atoms with Crippen molar-refractivity contribution in [3.05, 3.63) is 65.5 Å². The van der Waals surface area contributed by atoms with Crippen LogP contribution in [0.4, 0.5) is 10.1 Å². The molecule has 0 aliphatic carbocycles. The van der Waals surface area contributed by atoms with Gasteiger partial charge in [0.1, 0.15) is 5.82 Å². The summed E-state index contributed by atoms with van der Waals surface area (Å²) in [7, 11) is 0. The van der Waals surface area contributed by atoms with Crippen LogP contribution in [0.15, 0.2) is 53.5 Å². The Morgan fingerprint density at radius 1 is 0.967 bits per heavy atom. The summed E-state index contributed by atoms with van der Waals surface area (Å²) in [5, 5.41) is 6.15. The third kappa shape index (κ3) is 5.49. The van der Waals surface area contributed by atoms with Crippen LogP contribution < -0.4 is 15.5 Å². The molecule has 2 aromatic carbocycles. The Hall–Kier alpha value is -3.09. The molecular weight excluding hydrogens is 381 g/mol. The summed E-state index contributed by atoms with van der Waals surface area (Å²) in [6.07, 6.45) is 0. The van der Waals surface area contributed by atoms with Crippen LogP contribution >= 0.6 is 0 Å². The molecule has 1 heterocycles. The Labute approximate surface area is 177 Å². The molecule has 0 atom stereocenters. The number of carbonyl (C=O) groups excluding carboxylic acids is 1. The maximum Gasteiger partial charge on any atom is 0.251 e. The summed E-state index contributed by atoms with van der Waals surface area (Å²) in [6.45, 7) is 8.91. The van der Waals surface area contributed by atoms with Crippen molar-refractivity contribution >= 4 is 17.6 Å². The fourth-order valence-electron chi connectivity index (χ4n) is 3.48. The fourth-order valence-corrected chi connectivity index (χ4v) is 3.48. The summed E-state index contributed by atoms with van der Waals surface area (Å²) in [6, 6.07) is 14.5. The van der Waals surface area contributed by atoms with Crippen LogP contribution in [0.1, 0.15) is 29.8 Å². The number of nitrogens with zero attached hydrogens (tertiary/aromatic N) is 3. The number of para-hydroxylation sites is 1. The fraction of sp³-hybridized carbons (Fsp3) is 0.391. The van der Waals surface area contributed by atoms with Gasteiger partial charge in [0.2, 0.25) is 0 Å². The number of guanidine groups is 1. The highest BCUT2D eigenvalue weighted by Gasteiger charge is 2.21. The number of benzene rings is 2. The summed E-state index contributed by atoms with van der Waals surface area (Å²) in [5.74, 6) is 0.620. The van der Waals surface area contributed by atoms with Gasteiger partial charge in [-0.2, -0.15) is 0 Å². The number of halogens is 1. The van der Waals surface area contributed by atoms with E-state index >= 15 is 0 Å². The lowest BCUT2D eigenvalue weighted by atomic mass is 10.1. The molecule has 3 rings (SSSR count). The molecule has 0 unspecified atom stereocenters. The van der Waals surface area contributed by atoms with Crippen molar-refractivity contribution in [1.82, 2.24) is 15.5 Å². The lowest BCUT2D eigenvalue weighted by Gasteiger charge is -2.37. The lowest BCUT2D eigenvalue weighted by Crippen LogP contribution is -2.52. The first-order chi connectivity index (χ1) is 14.6. The van der Waals surface area contributed by atoms with Gasteiger partial charge in [-0.15, -0.1) is 0 Å². The van der Waals surface area contributed by atoms with Crippen molar-refractivity contribution in [3.63, 3.8) is 0 Å². The zero-order valence-corrected chi connectivity index (χ0v) is 17.7. The van der Waals surface area contributed by atoms with Crippen LogP contribution in [0.3, 0.4) is 0 Å². The highest BCUT2D eigenvalue weighted by Crippen LogP contribution is 2.20. The average molecular weight is 412 g/mol. The van der Waals surface area contributed by atoms with Gasteiger partial charge < -0.3 is 20.4 Å². The van der Waals surface area contributed by atoms with Gasteiger partial charge in [-0.05, 0) is 43.7 Å². The van der Waals surface area contributed by atoms with Crippen molar-refractivity contribution in [2.45, 2.75) is 20.4 Å². The summed E-state index contributed by atoms with van der Waals surface area (Å²) < 4.78 is 14.1. The van der Waals surface area contributed by atoms with Gasteiger partial charge in [0.15, 0.2) is 5.96 Å². The van der Waals surface area contributed by atoms with Gasteiger partial charge in [0, 0.05) is 44.8 Å². The van der Waals surface area contributed by atoms with E-state index in [-0.39, 0.29) is 11.7 Å². The number of hydrogen-bond acceptors (Lipinski definition) is 3. The van der Waals surface area contributed by atoms with Crippen molar-refractivity contribution in [1.29, 1.82) is 0 Å². The molecule has 6 nitrogen and oxygen atoms in total. The van der Waals surface area contributed by atoms with Gasteiger partial charge in [-0.1, -0.05) is 24.3 Å². The minimum Gasteiger partial charge on any atom is -0.366 e. The lowest BCUT2D eigenvalue weighted by molar-refractivity contribution is 0.0956. The average Bonchev–Trinajstić information content (AvgIpc) is 2.78. The van der Waals surface area contributed by atoms with Crippen LogP contribution in [0.25, 0.3) is 0 Å². The Morgan fingerprint density at radius 2 is 1.63 bits per heavy atom. The molecule has 0 bridgehead atoms. The molecule has 1 saturated heterocycles. The highest BCUT2D eigenvalue weighted by atomic mass is 19.1. The van der Waals surface area contributed by atoms with Gasteiger partial charge in [-0.25, -0.2) is 9.38 Å². The minimum absolute atomic E-state index is 0.0615. The predicted octanol–water partition coefficient (Wildman–Crippen LogP) is 2.86. The zero-order valence-electron chi connectivity index (χ0n) is 17.7. The van der Waals surface area contributed by atoms with E-state index < -0.39 is 0 Å². The second-order valence-corrected chi connectivity index (χ2v) is 7.15. The van der Waals surface area contributed by atoms with E-state index in [1.54, 1.807) is 6.07 Å². The molecule has 160 valence electrons. The Kier molecular flexibility index (Phi) is 7.65. The molecular formula is C23H30FN5O. The van der Waals surface area contributed by atoms with E-state index in [4.69, 9.17) is 4.99 Å². The molecule has 0 spiro atoms. The SMILES string of the molecule is CCNC(=O)c1ccc(CN=C(NCC)N2CCN(c3ccccc3F)CC2)cc1. The second kappa shape index (κ2) is 10.6. The second-order valence-electron chi connectivity index (χ2n) is 7.15. The Bertz CT molecular complexity index is 860. The molecule has 0 aromatic heterocycles. The van der Waals surface area contributed by atoms with Crippen molar-refractivity contribution < 1.29 is 9.18 Å². The number of anilines is 1. The van der Waals surface area contributed by atoms with Gasteiger partial charge in [-0.3, -0.25) is 4.79 Å². The Balaban J connectivity index is 1.61. The van der Waals surface area contributed by atoms with Gasteiger partial charge in [0.05, 0.1) is 12.2 Å². The molecule has 1 fully saturated rings. The number of carbonyl (C=O) groups is 1. The number of hydrogen-bond donors (Lipinski definition) is 2. The van der Waals surface area contributed by atoms with Crippen LogP contribution in [-0.2, 0) is 6.54 Å². The number of rotatable bonds is 6. The van der Waals surface area contributed by atoms with Crippen molar-refractivity contribution in [3.8, 4) is 0 Å². The van der Waals surface area contributed by atoms with E-state index in [0.29, 0.717) is 24.3 Å². The van der Waals surface area contributed by atoms with Gasteiger partial charge >= 0.3 is 0 Å². The van der Waals surface area contributed by atoms with E-state index in [2.05, 4.69) is 20.4 Å². The number of aliphatic imine (C=N–C) groups is 1. The molecule has 7 heteroatoms. The first-order valence-electron chi connectivity index (χ1n) is 10.5. The molecule has 30 heavy (non-hydrogen) atoms. The molecule has 0 saturated carbocycles. The van der Waals surface area contributed by atoms with Crippen LogP contribution in [0.5, 0.6) is 0 Å². The van der Waals surface area contributed by atoms with E-state index in [1.165, 1.54) is 6.07 Å². The first-order valence-corrected chi connectivity index (χ1v) is 10.5. The number of amides is 1. The predicted molar refractivity (Wildman–Crippen MR) is 119 cm³/mol. The smallest absolute Gasteiger partial charge is 0.251 e. The normalized spacial score (nSPS) is 14.6. The maximum absolute atomic E-state index is 14.1. The van der Waals surface area contributed by atoms with Crippen LogP contribution in [0, 0.1) is 5.82 Å². The van der Waals surface area contributed by atoms with Crippen molar-refractivity contribution in [2.24, 2.45) is 4.99 Å². The van der Waals surface area contributed by atoms with Crippen LogP contribution in [-0.4, -0.2) is 56.0 Å². The van der Waals surface area contributed by atoms with Gasteiger partial charge in [0.25, 0.3) is 5.91 Å². The zero-order chi connectivity index (χ0) is 21.3. The first kappa shape index (κ1) is 21.6. The molecule has 1 amide bonds.